The number of halogens is 1. The van der Waals surface area contributed by atoms with Crippen LogP contribution in [-0.4, -0.2) is 11.7 Å². The van der Waals surface area contributed by atoms with Crippen molar-refractivity contribution in [3.05, 3.63) is 83.4 Å². The normalized spacial score (nSPS) is 16.3. The van der Waals surface area contributed by atoms with Crippen LogP contribution in [0.3, 0.4) is 0 Å². The summed E-state index contributed by atoms with van der Waals surface area (Å²) >= 11 is 0. The maximum absolute atomic E-state index is 13.7. The van der Waals surface area contributed by atoms with Crippen LogP contribution in [0.5, 0.6) is 5.75 Å². The smallest absolute Gasteiger partial charge is 0.165 e. The van der Waals surface area contributed by atoms with E-state index >= 15 is 0 Å². The lowest BCUT2D eigenvalue weighted by atomic mass is 10.0. The summed E-state index contributed by atoms with van der Waals surface area (Å²) in [6.07, 6.45) is 2.08. The molecule has 1 aliphatic heterocycles. The molecule has 1 aromatic heterocycles. The molecule has 0 radical (unpaired) electrons. The lowest BCUT2D eigenvalue weighted by Crippen LogP contribution is -2.83. The van der Waals surface area contributed by atoms with Gasteiger partial charge >= 0.3 is 0 Å². The average molecular weight is 309 g/mol. The van der Waals surface area contributed by atoms with Gasteiger partial charge in [0.2, 0.25) is 0 Å². The fourth-order valence-electron chi connectivity index (χ4n) is 3.33. The van der Waals surface area contributed by atoms with Gasteiger partial charge in [-0.05, 0) is 36.4 Å². The molecule has 0 saturated carbocycles. The molecule has 2 heterocycles. The third kappa shape index (κ3) is 2.32. The summed E-state index contributed by atoms with van der Waals surface area (Å²) in [6.45, 7) is 0.877. The molecule has 0 bridgehead atoms. The third-order valence-corrected chi connectivity index (χ3v) is 4.46. The van der Waals surface area contributed by atoms with E-state index < -0.39 is 0 Å². The quantitative estimate of drug-likeness (QED) is 0.775. The summed E-state index contributed by atoms with van der Waals surface area (Å²) in [5, 5.41) is 2.28. The van der Waals surface area contributed by atoms with E-state index in [1.54, 1.807) is 6.07 Å². The zero-order valence-corrected chi connectivity index (χ0v) is 12.9. The van der Waals surface area contributed by atoms with Crippen LogP contribution < -0.4 is 10.1 Å². The number of methoxy groups -OCH3 is 1. The van der Waals surface area contributed by atoms with Crippen LogP contribution >= 0.6 is 0 Å². The number of benzene rings is 2. The van der Waals surface area contributed by atoms with Gasteiger partial charge in [0.1, 0.15) is 6.54 Å². The number of nitrogens with zero attached hydrogens (tertiary/aromatic N) is 1. The number of rotatable bonds is 2. The molecule has 3 nitrogen and oxygen atoms in total. The fourth-order valence-corrected chi connectivity index (χ4v) is 3.33. The van der Waals surface area contributed by atoms with E-state index in [0.29, 0.717) is 0 Å². The predicted octanol–water partition coefficient (Wildman–Crippen LogP) is 2.79. The van der Waals surface area contributed by atoms with Gasteiger partial charge in [-0.15, -0.1) is 0 Å². The molecular weight excluding hydrogens is 291 g/mol. The highest BCUT2D eigenvalue weighted by Gasteiger charge is 2.26. The Kier molecular flexibility index (Phi) is 3.39. The number of quaternary nitrogens is 1. The van der Waals surface area contributed by atoms with Crippen LogP contribution in [-0.2, 0) is 6.54 Å². The first-order valence-corrected chi connectivity index (χ1v) is 7.70. The number of ether oxygens (including phenoxy) is 1. The van der Waals surface area contributed by atoms with Crippen LogP contribution in [0.25, 0.3) is 5.69 Å². The van der Waals surface area contributed by atoms with Crippen molar-refractivity contribution in [2.45, 2.75) is 12.6 Å². The Balaban J connectivity index is 1.84. The van der Waals surface area contributed by atoms with Crippen molar-refractivity contribution in [2.75, 3.05) is 7.11 Å². The number of para-hydroxylation sites is 1. The number of nitrogens with two attached hydrogens (primary N) is 1. The van der Waals surface area contributed by atoms with Crippen molar-refractivity contribution in [1.29, 1.82) is 0 Å². The molecule has 1 aliphatic rings. The van der Waals surface area contributed by atoms with Gasteiger partial charge in [0.25, 0.3) is 0 Å². The van der Waals surface area contributed by atoms with E-state index in [2.05, 4.69) is 52.5 Å². The van der Waals surface area contributed by atoms with E-state index in [1.165, 1.54) is 30.1 Å². The van der Waals surface area contributed by atoms with Crippen LogP contribution in [0.1, 0.15) is 22.9 Å². The molecule has 4 heteroatoms. The number of hydrogen-bond donors (Lipinski definition) is 1. The highest BCUT2D eigenvalue weighted by Crippen LogP contribution is 2.29. The Labute approximate surface area is 134 Å². The van der Waals surface area contributed by atoms with Crippen molar-refractivity contribution in [2.24, 2.45) is 0 Å². The first-order valence-electron chi connectivity index (χ1n) is 7.70. The summed E-state index contributed by atoms with van der Waals surface area (Å²) in [7, 11) is 1.50. The lowest BCUT2D eigenvalue weighted by molar-refractivity contribution is -0.702. The maximum atomic E-state index is 13.7. The van der Waals surface area contributed by atoms with Crippen LogP contribution in [0.4, 0.5) is 4.39 Å². The average Bonchev–Trinajstić information content (AvgIpc) is 3.00. The monoisotopic (exact) mass is 309 g/mol. The van der Waals surface area contributed by atoms with Gasteiger partial charge in [-0.2, -0.15) is 0 Å². The second kappa shape index (κ2) is 5.56. The van der Waals surface area contributed by atoms with E-state index in [4.69, 9.17) is 4.74 Å². The predicted molar refractivity (Wildman–Crippen MR) is 86.2 cm³/mol. The first kappa shape index (κ1) is 14.0. The second-order valence-electron chi connectivity index (χ2n) is 5.74. The minimum Gasteiger partial charge on any atom is -0.494 e. The molecule has 116 valence electrons. The Bertz CT molecular complexity index is 856. The van der Waals surface area contributed by atoms with E-state index in [0.717, 1.165) is 12.1 Å². The summed E-state index contributed by atoms with van der Waals surface area (Å²) in [6, 6.07) is 17.8. The number of hydrogen-bond acceptors (Lipinski definition) is 1. The van der Waals surface area contributed by atoms with E-state index in [9.17, 15) is 4.39 Å². The SMILES string of the molecule is COc1cc([C@H]2[NH2+]Cc3ccccc3-n3cccc32)ccc1F. The van der Waals surface area contributed by atoms with Crippen molar-refractivity contribution in [3.63, 3.8) is 0 Å². The van der Waals surface area contributed by atoms with Gasteiger partial charge in [-0.3, -0.25) is 0 Å². The van der Waals surface area contributed by atoms with Crippen LogP contribution in [0.2, 0.25) is 0 Å². The fraction of sp³-hybridized carbons (Fsp3) is 0.158. The van der Waals surface area contributed by atoms with Gasteiger partial charge in [0.15, 0.2) is 17.6 Å². The first-order chi connectivity index (χ1) is 11.3. The van der Waals surface area contributed by atoms with Gasteiger partial charge in [0, 0.05) is 17.3 Å². The zero-order chi connectivity index (χ0) is 15.8. The zero-order valence-electron chi connectivity index (χ0n) is 12.9. The third-order valence-electron chi connectivity index (χ3n) is 4.46. The molecule has 0 amide bonds. The van der Waals surface area contributed by atoms with Crippen molar-refractivity contribution in [1.82, 2.24) is 4.57 Å². The Morgan fingerprint density at radius 3 is 2.87 bits per heavy atom. The molecule has 1 atom stereocenters. The summed E-state index contributed by atoms with van der Waals surface area (Å²) in [4.78, 5) is 0. The Morgan fingerprint density at radius 1 is 1.13 bits per heavy atom. The van der Waals surface area contributed by atoms with Crippen molar-refractivity contribution in [3.8, 4) is 11.4 Å². The molecule has 2 N–H and O–H groups in total. The van der Waals surface area contributed by atoms with Crippen molar-refractivity contribution >= 4 is 0 Å². The molecular formula is C19H18FN2O+. The van der Waals surface area contributed by atoms with Gasteiger partial charge < -0.3 is 14.6 Å². The van der Waals surface area contributed by atoms with Gasteiger partial charge in [0.05, 0.1) is 18.5 Å². The molecule has 4 rings (SSSR count). The molecule has 0 fully saturated rings. The van der Waals surface area contributed by atoms with Crippen LogP contribution in [0.15, 0.2) is 60.8 Å². The maximum Gasteiger partial charge on any atom is 0.165 e. The highest BCUT2D eigenvalue weighted by atomic mass is 19.1. The molecule has 0 saturated heterocycles. The Morgan fingerprint density at radius 2 is 2.00 bits per heavy atom. The molecule has 0 aliphatic carbocycles. The number of aromatic nitrogens is 1. The highest BCUT2D eigenvalue weighted by molar-refractivity contribution is 5.45. The van der Waals surface area contributed by atoms with Gasteiger partial charge in [-0.1, -0.05) is 18.2 Å². The molecule has 3 aromatic rings. The minimum atomic E-state index is -0.330. The van der Waals surface area contributed by atoms with E-state index in [1.807, 2.05) is 6.07 Å². The summed E-state index contributed by atoms with van der Waals surface area (Å²) in [5.74, 6) is -0.0423. The van der Waals surface area contributed by atoms with Crippen molar-refractivity contribution < 1.29 is 14.4 Å². The summed E-state index contributed by atoms with van der Waals surface area (Å²) in [5.41, 5.74) is 4.72. The van der Waals surface area contributed by atoms with E-state index in [-0.39, 0.29) is 17.6 Å². The molecule has 23 heavy (non-hydrogen) atoms. The minimum absolute atomic E-state index is 0.104. The Hall–Kier alpha value is -2.59. The molecule has 0 spiro atoms. The lowest BCUT2D eigenvalue weighted by Gasteiger charge is -2.16. The molecule has 0 unspecified atom stereocenters. The summed E-state index contributed by atoms with van der Waals surface area (Å²) < 4.78 is 21.1. The van der Waals surface area contributed by atoms with Gasteiger partial charge in [-0.25, -0.2) is 4.39 Å². The topological polar surface area (TPSA) is 30.8 Å². The van der Waals surface area contributed by atoms with Crippen LogP contribution in [0, 0.1) is 5.82 Å². The standard InChI is InChI=1S/C19H17FN2O/c1-23-18-11-13(8-9-15(18)20)19-17-7-4-10-22(17)16-6-3-2-5-14(16)12-21-19/h2-11,19,21H,12H2,1H3/p+1/t19-/m1/s1. The second-order valence-corrected chi connectivity index (χ2v) is 5.74. The molecule has 2 aromatic carbocycles. The number of fused-ring (bicyclic) bond motifs is 3. The largest absolute Gasteiger partial charge is 0.494 e.